The summed E-state index contributed by atoms with van der Waals surface area (Å²) in [7, 11) is 3.49. The second-order valence-corrected chi connectivity index (χ2v) is 5.46. The number of benzene rings is 1. The van der Waals surface area contributed by atoms with Crippen LogP contribution in [-0.4, -0.2) is 32.3 Å². The van der Waals surface area contributed by atoms with Gasteiger partial charge in [0.05, 0.1) is 13.7 Å². The number of rotatable bonds is 5. The van der Waals surface area contributed by atoms with Gasteiger partial charge in [-0.2, -0.15) is 5.10 Å². The van der Waals surface area contributed by atoms with Crippen LogP contribution >= 0.6 is 0 Å². The number of hydrogen-bond donors (Lipinski definition) is 1. The predicted octanol–water partition coefficient (Wildman–Crippen LogP) is 1.85. The maximum absolute atomic E-state index is 12.3. The molecule has 3 aromatic rings. The minimum absolute atomic E-state index is 0.247. The lowest BCUT2D eigenvalue weighted by atomic mass is 10.2. The van der Waals surface area contributed by atoms with E-state index in [9.17, 15) is 4.79 Å². The van der Waals surface area contributed by atoms with Gasteiger partial charge in [-0.1, -0.05) is 6.07 Å². The number of amides is 1. The predicted molar refractivity (Wildman–Crippen MR) is 89.2 cm³/mol. The summed E-state index contributed by atoms with van der Waals surface area (Å²) in [5, 5.41) is 7.17. The van der Waals surface area contributed by atoms with Crippen molar-refractivity contribution in [1.29, 1.82) is 0 Å². The summed E-state index contributed by atoms with van der Waals surface area (Å²) in [6.07, 6.45) is 5.27. The zero-order valence-corrected chi connectivity index (χ0v) is 13.9. The number of carbonyl (C=O) groups is 1. The van der Waals surface area contributed by atoms with Gasteiger partial charge in [0.25, 0.3) is 5.91 Å². The summed E-state index contributed by atoms with van der Waals surface area (Å²) in [5.74, 6) is 1.23. The minimum atomic E-state index is -0.247. The summed E-state index contributed by atoms with van der Waals surface area (Å²) < 4.78 is 8.86. The molecule has 1 aromatic carbocycles. The molecule has 0 radical (unpaired) electrons. The maximum atomic E-state index is 12.3. The number of aromatic nitrogens is 4. The molecule has 0 fully saturated rings. The number of ether oxygens (including phenoxy) is 1. The van der Waals surface area contributed by atoms with Gasteiger partial charge in [0.15, 0.2) is 5.69 Å². The highest BCUT2D eigenvalue weighted by Gasteiger charge is 2.13. The molecule has 1 amide bonds. The summed E-state index contributed by atoms with van der Waals surface area (Å²) in [4.78, 5) is 16.4. The molecule has 0 atom stereocenters. The highest BCUT2D eigenvalue weighted by atomic mass is 16.5. The number of nitrogens with one attached hydrogen (secondary N) is 1. The van der Waals surface area contributed by atoms with Gasteiger partial charge >= 0.3 is 0 Å². The molecule has 3 rings (SSSR count). The lowest BCUT2D eigenvalue weighted by Gasteiger charge is -2.09. The third kappa shape index (κ3) is 3.15. The van der Waals surface area contributed by atoms with Crippen molar-refractivity contribution in [2.24, 2.45) is 7.05 Å². The van der Waals surface area contributed by atoms with Crippen LogP contribution in [0.4, 0.5) is 0 Å². The standard InChI is InChI=1S/C17H19N5O2/c1-12-4-5-15(24-3)14(10-12)22-8-6-13(20-22)17(23)19-11-16-18-7-9-21(16)2/h4-10H,11H2,1-3H3,(H,19,23). The molecule has 0 aliphatic heterocycles. The topological polar surface area (TPSA) is 74.0 Å². The van der Waals surface area contributed by atoms with Crippen LogP contribution in [0.1, 0.15) is 21.9 Å². The molecule has 0 saturated carbocycles. The van der Waals surface area contributed by atoms with E-state index in [1.165, 1.54) is 0 Å². The van der Waals surface area contributed by atoms with E-state index in [0.717, 1.165) is 17.1 Å². The average molecular weight is 325 g/mol. The molecule has 0 bridgehead atoms. The quantitative estimate of drug-likeness (QED) is 0.777. The summed E-state index contributed by atoms with van der Waals surface area (Å²) in [5.41, 5.74) is 2.22. The SMILES string of the molecule is COc1ccc(C)cc1-n1ccc(C(=O)NCc2nccn2C)n1. The van der Waals surface area contributed by atoms with Crippen molar-refractivity contribution in [3.05, 3.63) is 59.9 Å². The van der Waals surface area contributed by atoms with Crippen LogP contribution < -0.4 is 10.1 Å². The van der Waals surface area contributed by atoms with Gasteiger partial charge in [0.2, 0.25) is 0 Å². The van der Waals surface area contributed by atoms with Crippen LogP contribution in [0.25, 0.3) is 5.69 Å². The molecule has 0 unspecified atom stereocenters. The van der Waals surface area contributed by atoms with Crippen LogP contribution in [0.15, 0.2) is 42.9 Å². The van der Waals surface area contributed by atoms with Crippen LogP contribution in [0, 0.1) is 6.92 Å². The van der Waals surface area contributed by atoms with Crippen molar-refractivity contribution in [2.45, 2.75) is 13.5 Å². The van der Waals surface area contributed by atoms with Gasteiger partial charge in [-0.25, -0.2) is 9.67 Å². The first kappa shape index (κ1) is 15.8. The van der Waals surface area contributed by atoms with E-state index in [0.29, 0.717) is 18.0 Å². The van der Waals surface area contributed by atoms with Gasteiger partial charge in [0.1, 0.15) is 17.3 Å². The first-order chi connectivity index (χ1) is 11.6. The summed E-state index contributed by atoms with van der Waals surface area (Å²) in [6, 6.07) is 7.48. The lowest BCUT2D eigenvalue weighted by molar-refractivity contribution is 0.0944. The molecule has 1 N–H and O–H groups in total. The van der Waals surface area contributed by atoms with Crippen molar-refractivity contribution in [2.75, 3.05) is 7.11 Å². The monoisotopic (exact) mass is 325 g/mol. The van der Waals surface area contributed by atoms with Gasteiger partial charge in [-0.15, -0.1) is 0 Å². The number of imidazole rings is 1. The van der Waals surface area contributed by atoms with Crippen molar-refractivity contribution in [1.82, 2.24) is 24.6 Å². The third-order valence-electron chi connectivity index (χ3n) is 3.73. The van der Waals surface area contributed by atoms with Gasteiger partial charge in [-0.3, -0.25) is 4.79 Å². The molecule has 24 heavy (non-hydrogen) atoms. The molecular weight excluding hydrogens is 306 g/mol. The van der Waals surface area contributed by atoms with Crippen molar-refractivity contribution in [3.63, 3.8) is 0 Å². The Hall–Kier alpha value is -3.09. The third-order valence-corrected chi connectivity index (χ3v) is 3.73. The number of nitrogens with zero attached hydrogens (tertiary/aromatic N) is 4. The molecule has 0 saturated heterocycles. The fraction of sp³-hybridized carbons (Fsp3) is 0.235. The Morgan fingerprint density at radius 3 is 2.83 bits per heavy atom. The molecule has 0 aliphatic rings. The van der Waals surface area contributed by atoms with E-state index in [-0.39, 0.29) is 5.91 Å². The van der Waals surface area contributed by atoms with Crippen molar-refractivity contribution < 1.29 is 9.53 Å². The van der Waals surface area contributed by atoms with E-state index >= 15 is 0 Å². The van der Waals surface area contributed by atoms with Crippen LogP contribution in [0.5, 0.6) is 5.75 Å². The Morgan fingerprint density at radius 1 is 1.29 bits per heavy atom. The first-order valence-electron chi connectivity index (χ1n) is 7.53. The van der Waals surface area contributed by atoms with Crippen LogP contribution in [-0.2, 0) is 13.6 Å². The van der Waals surface area contributed by atoms with E-state index in [1.54, 1.807) is 30.3 Å². The highest BCUT2D eigenvalue weighted by Crippen LogP contribution is 2.23. The lowest BCUT2D eigenvalue weighted by Crippen LogP contribution is -2.25. The van der Waals surface area contributed by atoms with Crippen molar-refractivity contribution >= 4 is 5.91 Å². The largest absolute Gasteiger partial charge is 0.494 e. The number of methoxy groups -OCH3 is 1. The number of carbonyl (C=O) groups excluding carboxylic acids is 1. The molecule has 0 aliphatic carbocycles. The van der Waals surface area contributed by atoms with Gasteiger partial charge in [0, 0.05) is 25.6 Å². The van der Waals surface area contributed by atoms with Crippen LogP contribution in [0.2, 0.25) is 0 Å². The Morgan fingerprint density at radius 2 is 2.12 bits per heavy atom. The van der Waals surface area contributed by atoms with Gasteiger partial charge in [-0.05, 0) is 30.7 Å². The Kier molecular flexibility index (Phi) is 4.33. The average Bonchev–Trinajstić information content (AvgIpc) is 3.22. The fourth-order valence-electron chi connectivity index (χ4n) is 2.37. The fourth-order valence-corrected chi connectivity index (χ4v) is 2.37. The van der Waals surface area contributed by atoms with E-state index in [1.807, 2.05) is 42.9 Å². The zero-order valence-electron chi connectivity index (χ0n) is 13.9. The zero-order chi connectivity index (χ0) is 17.1. The molecule has 0 spiro atoms. The molecular formula is C17H19N5O2. The molecule has 2 heterocycles. The van der Waals surface area contributed by atoms with E-state index in [2.05, 4.69) is 15.4 Å². The Balaban J connectivity index is 1.77. The summed E-state index contributed by atoms with van der Waals surface area (Å²) in [6.45, 7) is 2.34. The van der Waals surface area contributed by atoms with E-state index < -0.39 is 0 Å². The smallest absolute Gasteiger partial charge is 0.272 e. The van der Waals surface area contributed by atoms with Crippen molar-refractivity contribution in [3.8, 4) is 11.4 Å². The summed E-state index contributed by atoms with van der Waals surface area (Å²) >= 11 is 0. The maximum Gasteiger partial charge on any atom is 0.272 e. The first-order valence-corrected chi connectivity index (χ1v) is 7.53. The Labute approximate surface area is 139 Å². The second kappa shape index (κ2) is 6.57. The number of hydrogen-bond acceptors (Lipinski definition) is 4. The normalized spacial score (nSPS) is 10.6. The molecule has 7 nitrogen and oxygen atoms in total. The minimum Gasteiger partial charge on any atom is -0.494 e. The molecule has 124 valence electrons. The number of aryl methyl sites for hydroxylation is 2. The molecule has 7 heteroatoms. The highest BCUT2D eigenvalue weighted by molar-refractivity contribution is 5.92. The Bertz CT molecular complexity index is 866. The second-order valence-electron chi connectivity index (χ2n) is 5.46. The van der Waals surface area contributed by atoms with E-state index in [4.69, 9.17) is 4.74 Å². The van der Waals surface area contributed by atoms with Crippen LogP contribution in [0.3, 0.4) is 0 Å². The molecule has 2 aromatic heterocycles. The van der Waals surface area contributed by atoms with Gasteiger partial charge < -0.3 is 14.6 Å².